The maximum Gasteiger partial charge on any atom is 0.223 e. The van der Waals surface area contributed by atoms with Gasteiger partial charge < -0.3 is 17.2 Å². The highest BCUT2D eigenvalue weighted by Crippen LogP contribution is 2.21. The van der Waals surface area contributed by atoms with E-state index in [0.717, 1.165) is 0 Å². The second-order valence-electron chi connectivity index (χ2n) is 2.73. The Morgan fingerprint density at radius 2 is 1.69 bits per heavy atom. The zero-order valence-corrected chi connectivity index (χ0v) is 7.92. The smallest absolute Gasteiger partial charge is 0.223 e. The van der Waals surface area contributed by atoms with E-state index >= 15 is 0 Å². The van der Waals surface area contributed by atoms with E-state index in [9.17, 15) is 13.2 Å². The van der Waals surface area contributed by atoms with E-state index in [1.54, 1.807) is 0 Å². The Morgan fingerprint density at radius 3 is 2.25 bits per heavy atom. The minimum Gasteiger partial charge on any atom is -0.370 e. The molecule has 8 heteroatoms. The van der Waals surface area contributed by atoms with Crippen LogP contribution in [-0.4, -0.2) is 11.9 Å². The maximum atomic E-state index is 13.1. The lowest BCUT2D eigenvalue weighted by molar-refractivity contribution is 0.497. The van der Waals surface area contributed by atoms with Crippen LogP contribution in [-0.2, 0) is 0 Å². The van der Waals surface area contributed by atoms with Crippen molar-refractivity contribution >= 4 is 17.6 Å². The van der Waals surface area contributed by atoms with Gasteiger partial charge in [-0.3, -0.25) is 0 Å². The van der Waals surface area contributed by atoms with Crippen LogP contribution >= 0.6 is 0 Å². The second kappa shape index (κ2) is 4.51. The Morgan fingerprint density at radius 1 is 1.06 bits per heavy atom. The van der Waals surface area contributed by atoms with Crippen molar-refractivity contribution in [3.63, 3.8) is 0 Å². The van der Waals surface area contributed by atoms with Crippen molar-refractivity contribution in [3.8, 4) is 0 Å². The van der Waals surface area contributed by atoms with E-state index in [1.165, 1.54) is 0 Å². The predicted octanol–water partition coefficient (Wildman–Crippen LogP) is 0.324. The fraction of sp³-hybridized carbons (Fsp3) is 0. The largest absolute Gasteiger partial charge is 0.370 e. The van der Waals surface area contributed by atoms with Crippen LogP contribution in [0.2, 0.25) is 0 Å². The highest BCUT2D eigenvalue weighted by atomic mass is 19.2. The van der Waals surface area contributed by atoms with E-state index in [4.69, 9.17) is 17.2 Å². The number of benzene rings is 1. The highest BCUT2D eigenvalue weighted by molar-refractivity contribution is 5.93. The number of hydrogen-bond acceptors (Lipinski definition) is 1. The molecule has 0 unspecified atom stereocenters. The summed E-state index contributed by atoms with van der Waals surface area (Å²) in [5.74, 6) is -4.62. The van der Waals surface area contributed by atoms with Crippen LogP contribution in [0.15, 0.2) is 22.1 Å². The molecular weight excluding hydrogens is 223 g/mol. The maximum absolute atomic E-state index is 13.1. The predicted molar refractivity (Wildman–Crippen MR) is 53.4 cm³/mol. The first-order valence-electron chi connectivity index (χ1n) is 3.98. The lowest BCUT2D eigenvalue weighted by Crippen LogP contribution is -2.26. The number of halogens is 3. The number of hydrogen-bond donors (Lipinski definition) is 3. The first-order valence-corrected chi connectivity index (χ1v) is 3.98. The topological polar surface area (TPSA) is 103 Å². The molecule has 0 radical (unpaired) electrons. The molecule has 0 saturated carbocycles. The van der Waals surface area contributed by atoms with Gasteiger partial charge in [0.2, 0.25) is 5.96 Å². The zero-order valence-electron chi connectivity index (χ0n) is 7.92. The molecule has 5 nitrogen and oxygen atoms in total. The first-order chi connectivity index (χ1) is 7.40. The van der Waals surface area contributed by atoms with Gasteiger partial charge in [-0.15, -0.1) is 0 Å². The Kier molecular flexibility index (Phi) is 3.33. The van der Waals surface area contributed by atoms with Gasteiger partial charge in [-0.1, -0.05) is 0 Å². The van der Waals surface area contributed by atoms with E-state index in [2.05, 4.69) is 9.98 Å². The third kappa shape index (κ3) is 2.87. The van der Waals surface area contributed by atoms with Crippen LogP contribution in [0.5, 0.6) is 0 Å². The van der Waals surface area contributed by atoms with Gasteiger partial charge in [0.1, 0.15) is 11.5 Å². The summed E-state index contributed by atoms with van der Waals surface area (Å²) in [5, 5.41) is 0. The monoisotopic (exact) mass is 231 g/mol. The van der Waals surface area contributed by atoms with Crippen LogP contribution < -0.4 is 17.2 Å². The summed E-state index contributed by atoms with van der Waals surface area (Å²) in [5.41, 5.74) is 14.5. The molecule has 0 spiro atoms. The molecule has 0 fully saturated rings. The minimum absolute atomic E-state index is 0.380. The summed E-state index contributed by atoms with van der Waals surface area (Å²) in [6.45, 7) is 0. The van der Waals surface area contributed by atoms with E-state index in [0.29, 0.717) is 12.1 Å². The molecule has 0 amide bonds. The summed E-state index contributed by atoms with van der Waals surface area (Å²) in [4.78, 5) is 6.57. The van der Waals surface area contributed by atoms with Crippen molar-refractivity contribution in [2.45, 2.75) is 0 Å². The molecule has 0 bridgehead atoms. The van der Waals surface area contributed by atoms with Gasteiger partial charge in [0.25, 0.3) is 0 Å². The van der Waals surface area contributed by atoms with Crippen LogP contribution in [0.25, 0.3) is 0 Å². The molecule has 0 heterocycles. The number of aliphatic imine (C=N–C) groups is 2. The van der Waals surface area contributed by atoms with Gasteiger partial charge in [-0.05, 0) is 0 Å². The minimum atomic E-state index is -1.38. The summed E-state index contributed by atoms with van der Waals surface area (Å²) in [7, 11) is 0. The van der Waals surface area contributed by atoms with Crippen molar-refractivity contribution in [1.82, 2.24) is 0 Å². The second-order valence-corrected chi connectivity index (χ2v) is 2.73. The normalized spacial score (nSPS) is 11.3. The van der Waals surface area contributed by atoms with Crippen LogP contribution in [0.1, 0.15) is 0 Å². The van der Waals surface area contributed by atoms with E-state index < -0.39 is 35.1 Å². The molecule has 0 aliphatic carbocycles. The fourth-order valence-corrected chi connectivity index (χ4v) is 0.904. The summed E-state index contributed by atoms with van der Waals surface area (Å²) >= 11 is 0. The highest BCUT2D eigenvalue weighted by Gasteiger charge is 2.10. The van der Waals surface area contributed by atoms with Crippen molar-refractivity contribution in [3.05, 3.63) is 29.6 Å². The lowest BCUT2D eigenvalue weighted by atomic mass is 10.3. The summed E-state index contributed by atoms with van der Waals surface area (Å²) in [6, 6.07) is 1.04. The van der Waals surface area contributed by atoms with Crippen LogP contribution in [0.4, 0.5) is 18.9 Å². The first kappa shape index (κ1) is 11.8. The third-order valence-corrected chi connectivity index (χ3v) is 1.45. The number of rotatable bonds is 1. The zero-order chi connectivity index (χ0) is 12.3. The van der Waals surface area contributed by atoms with Gasteiger partial charge in [0, 0.05) is 12.1 Å². The van der Waals surface area contributed by atoms with Crippen LogP contribution in [0.3, 0.4) is 0 Å². The molecule has 16 heavy (non-hydrogen) atoms. The number of nitrogens with two attached hydrogens (primary N) is 3. The number of guanidine groups is 2. The Balaban J connectivity index is 3.20. The molecule has 6 N–H and O–H groups in total. The fourth-order valence-electron chi connectivity index (χ4n) is 0.904. The van der Waals surface area contributed by atoms with Crippen molar-refractivity contribution in [2.75, 3.05) is 0 Å². The summed E-state index contributed by atoms with van der Waals surface area (Å²) < 4.78 is 38.5. The third-order valence-electron chi connectivity index (χ3n) is 1.45. The molecule has 0 aliphatic rings. The SMILES string of the molecule is NC(N)=NC(N)=Nc1cc(F)cc(F)c1F. The molecule has 86 valence electrons. The molecule has 0 saturated heterocycles. The average molecular weight is 231 g/mol. The van der Waals surface area contributed by atoms with Gasteiger partial charge in [-0.2, -0.15) is 4.99 Å². The molecule has 1 aromatic carbocycles. The standard InChI is InChI=1S/C8H8F3N5/c9-3-1-4(10)6(11)5(2-3)15-8(14)16-7(12)13/h1-2H,(H6,12,13,14,15,16). The molecule has 0 atom stereocenters. The summed E-state index contributed by atoms with van der Waals surface area (Å²) in [6.07, 6.45) is 0. The average Bonchev–Trinajstić information content (AvgIpc) is 2.11. The number of nitrogens with zero attached hydrogens (tertiary/aromatic N) is 2. The Labute approximate surface area is 88.5 Å². The lowest BCUT2D eigenvalue weighted by Gasteiger charge is -1.99. The van der Waals surface area contributed by atoms with Crippen molar-refractivity contribution < 1.29 is 13.2 Å². The van der Waals surface area contributed by atoms with Crippen molar-refractivity contribution in [2.24, 2.45) is 27.2 Å². The Bertz CT molecular complexity index is 465. The molecule has 0 aromatic heterocycles. The van der Waals surface area contributed by atoms with Gasteiger partial charge in [0.15, 0.2) is 17.6 Å². The van der Waals surface area contributed by atoms with Gasteiger partial charge >= 0.3 is 0 Å². The van der Waals surface area contributed by atoms with Crippen LogP contribution in [0, 0.1) is 17.5 Å². The van der Waals surface area contributed by atoms with Gasteiger partial charge in [0.05, 0.1) is 0 Å². The van der Waals surface area contributed by atoms with Gasteiger partial charge in [-0.25, -0.2) is 18.2 Å². The van der Waals surface area contributed by atoms with E-state index in [-0.39, 0.29) is 0 Å². The molecule has 1 rings (SSSR count). The molecule has 0 aliphatic heterocycles. The molecular formula is C8H8F3N5. The Hall–Kier alpha value is -2.25. The quantitative estimate of drug-likeness (QED) is 0.368. The molecule has 1 aromatic rings. The van der Waals surface area contributed by atoms with Crippen molar-refractivity contribution in [1.29, 1.82) is 0 Å². The van der Waals surface area contributed by atoms with E-state index in [1.807, 2.05) is 0 Å².